The van der Waals surface area contributed by atoms with Gasteiger partial charge in [-0.1, -0.05) is 18.2 Å². The van der Waals surface area contributed by atoms with Gasteiger partial charge in [-0.3, -0.25) is 9.59 Å². The maximum absolute atomic E-state index is 12.5. The number of para-hydroxylation sites is 1. The average Bonchev–Trinajstić information content (AvgIpc) is 3.19. The fraction of sp³-hybridized carbons (Fsp3) is 0.278. The predicted octanol–water partition coefficient (Wildman–Crippen LogP) is 1.07. The first-order valence-electron chi connectivity index (χ1n) is 8.29. The monoisotopic (exact) mass is 337 g/mol. The number of carbonyl (C=O) groups excluding carboxylic acids is 2. The molecular formula is C18H19N5O2. The van der Waals surface area contributed by atoms with Crippen LogP contribution in [0.15, 0.2) is 42.9 Å². The van der Waals surface area contributed by atoms with Crippen molar-refractivity contribution in [1.82, 2.24) is 19.4 Å². The maximum atomic E-state index is 12.5. The highest BCUT2D eigenvalue weighted by Gasteiger charge is 2.21. The van der Waals surface area contributed by atoms with Crippen LogP contribution < -0.4 is 11.1 Å². The lowest BCUT2D eigenvalue weighted by Gasteiger charge is -2.24. The van der Waals surface area contributed by atoms with Gasteiger partial charge in [-0.2, -0.15) is 0 Å². The van der Waals surface area contributed by atoms with Crippen molar-refractivity contribution >= 4 is 22.7 Å². The van der Waals surface area contributed by atoms with E-state index in [0.29, 0.717) is 5.56 Å². The highest BCUT2D eigenvalue weighted by molar-refractivity contribution is 6.06. The van der Waals surface area contributed by atoms with Gasteiger partial charge in [-0.15, -0.1) is 0 Å². The molecule has 1 aromatic carbocycles. The van der Waals surface area contributed by atoms with Gasteiger partial charge in [0.15, 0.2) is 0 Å². The van der Waals surface area contributed by atoms with E-state index in [1.165, 1.54) is 0 Å². The van der Waals surface area contributed by atoms with Crippen LogP contribution in [0.3, 0.4) is 0 Å². The molecule has 0 spiro atoms. The second-order valence-corrected chi connectivity index (χ2v) is 6.35. The second kappa shape index (κ2) is 6.08. The van der Waals surface area contributed by atoms with Crippen molar-refractivity contribution < 1.29 is 9.59 Å². The van der Waals surface area contributed by atoms with Crippen LogP contribution in [-0.4, -0.2) is 32.0 Å². The highest BCUT2D eigenvalue weighted by atomic mass is 16.2. The van der Waals surface area contributed by atoms with E-state index in [4.69, 9.17) is 5.73 Å². The van der Waals surface area contributed by atoms with Gasteiger partial charge in [-0.25, -0.2) is 4.98 Å². The van der Waals surface area contributed by atoms with Crippen LogP contribution in [0.2, 0.25) is 0 Å². The topological polar surface area (TPSA) is 94.9 Å². The predicted molar refractivity (Wildman–Crippen MR) is 92.9 cm³/mol. The van der Waals surface area contributed by atoms with Gasteiger partial charge in [0.2, 0.25) is 5.91 Å². The number of nitrogens with two attached hydrogens (primary N) is 1. The summed E-state index contributed by atoms with van der Waals surface area (Å²) in [5, 5.41) is 3.84. The summed E-state index contributed by atoms with van der Waals surface area (Å²) in [6, 6.07) is 7.53. The Hall–Kier alpha value is -3.09. The number of nitrogens with one attached hydrogen (secondary N) is 1. The number of imidazole rings is 1. The number of amides is 2. The molecule has 3 aromatic rings. The summed E-state index contributed by atoms with van der Waals surface area (Å²) in [4.78, 5) is 28.4. The quantitative estimate of drug-likeness (QED) is 0.745. The van der Waals surface area contributed by atoms with Crippen LogP contribution >= 0.6 is 0 Å². The fourth-order valence-electron chi connectivity index (χ4n) is 3.48. The number of benzene rings is 1. The molecule has 2 aromatic heterocycles. The van der Waals surface area contributed by atoms with E-state index in [9.17, 15) is 9.59 Å². The van der Waals surface area contributed by atoms with Gasteiger partial charge in [0.05, 0.1) is 5.56 Å². The van der Waals surface area contributed by atoms with E-state index in [1.807, 2.05) is 30.5 Å². The minimum Gasteiger partial charge on any atom is -0.366 e. The van der Waals surface area contributed by atoms with Gasteiger partial charge >= 0.3 is 0 Å². The number of primary amides is 1. The largest absolute Gasteiger partial charge is 0.366 e. The Morgan fingerprint density at radius 2 is 2.16 bits per heavy atom. The molecule has 1 aliphatic heterocycles. The summed E-state index contributed by atoms with van der Waals surface area (Å²) in [7, 11) is 0. The summed E-state index contributed by atoms with van der Waals surface area (Å²) in [6.45, 7) is 1.01. The number of aromatic nitrogens is 3. The zero-order valence-corrected chi connectivity index (χ0v) is 13.7. The Labute approximate surface area is 144 Å². The van der Waals surface area contributed by atoms with E-state index >= 15 is 0 Å². The zero-order valence-electron chi connectivity index (χ0n) is 13.7. The van der Waals surface area contributed by atoms with Crippen LogP contribution in [0.1, 0.15) is 22.6 Å². The molecule has 3 N–H and O–H groups in total. The summed E-state index contributed by atoms with van der Waals surface area (Å²) in [5.74, 6) is 0.426. The first-order valence-corrected chi connectivity index (χ1v) is 8.29. The Bertz CT molecular complexity index is 955. The van der Waals surface area contributed by atoms with Crippen molar-refractivity contribution in [3.8, 4) is 0 Å². The molecule has 7 nitrogen and oxygen atoms in total. The summed E-state index contributed by atoms with van der Waals surface area (Å²) in [6.07, 6.45) is 7.02. The maximum Gasteiger partial charge on any atom is 0.250 e. The molecule has 0 fully saturated rings. The molecule has 1 unspecified atom stereocenters. The van der Waals surface area contributed by atoms with E-state index in [2.05, 4.69) is 14.9 Å². The Kier molecular flexibility index (Phi) is 3.76. The minimum atomic E-state index is -0.491. The molecule has 0 saturated carbocycles. The van der Waals surface area contributed by atoms with E-state index in [0.717, 1.165) is 36.1 Å². The number of fused-ring (bicyclic) bond motifs is 2. The lowest BCUT2D eigenvalue weighted by molar-refractivity contribution is -0.122. The number of hydrogen-bond donors (Lipinski definition) is 2. The van der Waals surface area contributed by atoms with Crippen molar-refractivity contribution in [2.24, 2.45) is 5.73 Å². The molecule has 2 amide bonds. The van der Waals surface area contributed by atoms with Gasteiger partial charge < -0.3 is 20.2 Å². The Morgan fingerprint density at radius 3 is 3.00 bits per heavy atom. The average molecular weight is 337 g/mol. The second-order valence-electron chi connectivity index (χ2n) is 6.35. The van der Waals surface area contributed by atoms with Crippen molar-refractivity contribution in [1.29, 1.82) is 0 Å². The summed E-state index contributed by atoms with van der Waals surface area (Å²) in [5.41, 5.74) is 6.70. The van der Waals surface area contributed by atoms with Crippen molar-refractivity contribution in [3.05, 3.63) is 54.2 Å². The molecule has 128 valence electrons. The molecule has 7 heteroatoms. The molecule has 0 bridgehead atoms. The first-order chi connectivity index (χ1) is 12.1. The Morgan fingerprint density at radius 1 is 1.32 bits per heavy atom. The van der Waals surface area contributed by atoms with E-state index < -0.39 is 5.91 Å². The van der Waals surface area contributed by atoms with Gasteiger partial charge in [0.1, 0.15) is 12.4 Å². The highest BCUT2D eigenvalue weighted by Crippen LogP contribution is 2.21. The summed E-state index contributed by atoms with van der Waals surface area (Å²) >= 11 is 0. The smallest absolute Gasteiger partial charge is 0.250 e. The molecule has 0 saturated heterocycles. The molecule has 4 rings (SSSR count). The molecule has 0 radical (unpaired) electrons. The third-order valence-corrected chi connectivity index (χ3v) is 4.68. The summed E-state index contributed by atoms with van der Waals surface area (Å²) < 4.78 is 3.88. The molecule has 3 heterocycles. The number of nitrogens with zero attached hydrogens (tertiary/aromatic N) is 3. The van der Waals surface area contributed by atoms with Crippen LogP contribution in [0.25, 0.3) is 10.9 Å². The van der Waals surface area contributed by atoms with Crippen molar-refractivity contribution in [3.63, 3.8) is 0 Å². The lowest BCUT2D eigenvalue weighted by atomic mass is 10.1. The molecule has 1 atom stereocenters. The van der Waals surface area contributed by atoms with Gasteiger partial charge in [0, 0.05) is 48.5 Å². The standard InChI is InChI=1S/C18H19N5O2/c19-18(25)14-10-23(15-4-2-1-3-13(14)15)11-17(24)21-12-5-7-22-8-6-20-16(22)9-12/h1-4,6,8,10,12H,5,7,9,11H2,(H2,19,25)(H,21,24). The van der Waals surface area contributed by atoms with Crippen LogP contribution in [-0.2, 0) is 24.3 Å². The van der Waals surface area contributed by atoms with E-state index in [-0.39, 0.29) is 18.5 Å². The molecule has 1 aliphatic rings. The molecule has 0 aliphatic carbocycles. The Balaban J connectivity index is 1.50. The van der Waals surface area contributed by atoms with Crippen molar-refractivity contribution in [2.75, 3.05) is 0 Å². The van der Waals surface area contributed by atoms with Crippen molar-refractivity contribution in [2.45, 2.75) is 32.0 Å². The third kappa shape index (κ3) is 2.88. The van der Waals surface area contributed by atoms with Crippen LogP contribution in [0.4, 0.5) is 0 Å². The third-order valence-electron chi connectivity index (χ3n) is 4.68. The van der Waals surface area contributed by atoms with Crippen LogP contribution in [0.5, 0.6) is 0 Å². The number of hydrogen-bond acceptors (Lipinski definition) is 3. The van der Waals surface area contributed by atoms with Gasteiger partial charge in [0.25, 0.3) is 5.91 Å². The molecule has 25 heavy (non-hydrogen) atoms. The van der Waals surface area contributed by atoms with E-state index in [1.54, 1.807) is 17.0 Å². The first kappa shape index (κ1) is 15.4. The number of aryl methyl sites for hydroxylation is 1. The minimum absolute atomic E-state index is 0.0817. The number of carbonyl (C=O) groups is 2. The lowest BCUT2D eigenvalue weighted by Crippen LogP contribution is -2.41. The fourth-order valence-corrected chi connectivity index (χ4v) is 3.48. The van der Waals surface area contributed by atoms with Crippen LogP contribution in [0, 0.1) is 0 Å². The normalized spacial score (nSPS) is 16.6. The number of rotatable bonds is 4. The molecular weight excluding hydrogens is 318 g/mol. The van der Waals surface area contributed by atoms with Gasteiger partial charge in [-0.05, 0) is 12.5 Å². The zero-order chi connectivity index (χ0) is 17.4. The SMILES string of the molecule is NC(=O)c1cn(CC(=O)NC2CCn3ccnc3C2)c2ccccc12.